The van der Waals surface area contributed by atoms with E-state index in [-0.39, 0.29) is 12.6 Å². The van der Waals surface area contributed by atoms with Crippen LogP contribution < -0.4 is 0 Å². The second-order valence-electron chi connectivity index (χ2n) is 4.67. The molecule has 0 saturated carbocycles. The summed E-state index contributed by atoms with van der Waals surface area (Å²) in [6, 6.07) is 10.1. The minimum absolute atomic E-state index is 0.0244. The van der Waals surface area contributed by atoms with Gasteiger partial charge in [0.15, 0.2) is 0 Å². The Kier molecular flexibility index (Phi) is 4.93. The first-order valence-electron chi connectivity index (χ1n) is 6.25. The third-order valence-corrected chi connectivity index (χ3v) is 3.62. The van der Waals surface area contributed by atoms with Gasteiger partial charge in [-0.1, -0.05) is 30.3 Å². The van der Waals surface area contributed by atoms with Crippen molar-refractivity contribution in [3.05, 3.63) is 35.9 Å². The minimum atomic E-state index is -3.40. The highest BCUT2D eigenvalue weighted by atomic mass is 32.2. The molecule has 1 aromatic carbocycles. The lowest BCUT2D eigenvalue weighted by molar-refractivity contribution is -0.0264. The van der Waals surface area contributed by atoms with Gasteiger partial charge < -0.3 is 4.74 Å². The normalized spacial score (nSPS) is 21.4. The van der Waals surface area contributed by atoms with Gasteiger partial charge in [-0.3, -0.25) is 9.08 Å². The van der Waals surface area contributed by atoms with Gasteiger partial charge in [-0.25, -0.2) is 0 Å². The van der Waals surface area contributed by atoms with Crippen molar-refractivity contribution in [2.24, 2.45) is 0 Å². The fourth-order valence-electron chi connectivity index (χ4n) is 2.07. The summed E-state index contributed by atoms with van der Waals surface area (Å²) in [7, 11) is -3.40. The van der Waals surface area contributed by atoms with Crippen LogP contribution in [-0.2, 0) is 25.6 Å². The highest BCUT2D eigenvalue weighted by Gasteiger charge is 2.24. The average molecular weight is 285 g/mol. The van der Waals surface area contributed by atoms with E-state index >= 15 is 0 Å². The van der Waals surface area contributed by atoms with E-state index in [1.807, 2.05) is 18.2 Å². The van der Waals surface area contributed by atoms with Gasteiger partial charge in [0.2, 0.25) is 0 Å². The van der Waals surface area contributed by atoms with Crippen LogP contribution in [0.4, 0.5) is 0 Å². The Morgan fingerprint density at radius 3 is 2.79 bits per heavy atom. The van der Waals surface area contributed by atoms with E-state index in [4.69, 9.17) is 8.92 Å². The first-order valence-corrected chi connectivity index (χ1v) is 8.06. The molecular formula is C13H19NO4S. The molecule has 5 nitrogen and oxygen atoms in total. The van der Waals surface area contributed by atoms with Gasteiger partial charge in [-0.2, -0.15) is 8.42 Å². The quantitative estimate of drug-likeness (QED) is 0.751. The van der Waals surface area contributed by atoms with Crippen molar-refractivity contribution in [3.63, 3.8) is 0 Å². The maximum absolute atomic E-state index is 11.1. The second kappa shape index (κ2) is 6.47. The van der Waals surface area contributed by atoms with Crippen molar-refractivity contribution in [3.8, 4) is 0 Å². The van der Waals surface area contributed by atoms with E-state index in [9.17, 15) is 8.42 Å². The lowest BCUT2D eigenvalue weighted by Crippen LogP contribution is -2.47. The van der Waals surface area contributed by atoms with Crippen molar-refractivity contribution in [2.45, 2.75) is 12.6 Å². The summed E-state index contributed by atoms with van der Waals surface area (Å²) in [5.74, 6) is 0. The molecule has 0 N–H and O–H groups in total. The fourth-order valence-corrected chi connectivity index (χ4v) is 2.48. The first-order chi connectivity index (χ1) is 9.04. The van der Waals surface area contributed by atoms with Gasteiger partial charge in [0.1, 0.15) is 0 Å². The zero-order chi connectivity index (χ0) is 13.7. The SMILES string of the molecule is CS(=O)(=O)OCC1COCCN1Cc1ccccc1. The lowest BCUT2D eigenvalue weighted by atomic mass is 10.1. The Balaban J connectivity index is 1.96. The van der Waals surface area contributed by atoms with Crippen LogP contribution in [0.5, 0.6) is 0 Å². The average Bonchev–Trinajstić information content (AvgIpc) is 2.38. The molecule has 1 aliphatic rings. The monoisotopic (exact) mass is 285 g/mol. The van der Waals surface area contributed by atoms with E-state index in [0.29, 0.717) is 13.2 Å². The number of ether oxygens (including phenoxy) is 1. The molecule has 0 spiro atoms. The number of morpholine rings is 1. The molecule has 2 rings (SSSR count). The van der Waals surface area contributed by atoms with Crippen molar-refractivity contribution < 1.29 is 17.3 Å². The van der Waals surface area contributed by atoms with Crippen LogP contribution in [0, 0.1) is 0 Å². The van der Waals surface area contributed by atoms with Gasteiger partial charge in [-0.15, -0.1) is 0 Å². The molecule has 1 fully saturated rings. The third kappa shape index (κ3) is 4.91. The number of benzene rings is 1. The minimum Gasteiger partial charge on any atom is -0.378 e. The molecule has 1 aromatic rings. The van der Waals surface area contributed by atoms with Gasteiger partial charge in [0.25, 0.3) is 10.1 Å². The van der Waals surface area contributed by atoms with E-state index in [1.54, 1.807) is 0 Å². The Hall–Kier alpha value is -0.950. The summed E-state index contributed by atoms with van der Waals surface area (Å²) in [4.78, 5) is 2.20. The summed E-state index contributed by atoms with van der Waals surface area (Å²) in [5, 5.41) is 0. The zero-order valence-electron chi connectivity index (χ0n) is 11.0. The molecule has 1 heterocycles. The summed E-state index contributed by atoms with van der Waals surface area (Å²) < 4.78 is 32.4. The molecule has 106 valence electrons. The standard InChI is InChI=1S/C13H19NO4S/c1-19(15,16)18-11-13-10-17-8-7-14(13)9-12-5-3-2-4-6-12/h2-6,13H,7-11H2,1H3. The maximum Gasteiger partial charge on any atom is 0.264 e. The van der Waals surface area contributed by atoms with Crippen LogP contribution in [0.15, 0.2) is 30.3 Å². The van der Waals surface area contributed by atoms with Crippen LogP contribution in [0.2, 0.25) is 0 Å². The molecule has 1 saturated heterocycles. The number of rotatable bonds is 5. The Morgan fingerprint density at radius 2 is 2.11 bits per heavy atom. The summed E-state index contributed by atoms with van der Waals surface area (Å²) >= 11 is 0. The maximum atomic E-state index is 11.1. The van der Waals surface area contributed by atoms with E-state index < -0.39 is 10.1 Å². The highest BCUT2D eigenvalue weighted by Crippen LogP contribution is 2.13. The van der Waals surface area contributed by atoms with Crippen LogP contribution in [0.1, 0.15) is 5.56 Å². The van der Waals surface area contributed by atoms with Crippen molar-refractivity contribution in [2.75, 3.05) is 32.6 Å². The smallest absolute Gasteiger partial charge is 0.264 e. The predicted molar refractivity (Wildman–Crippen MR) is 72.3 cm³/mol. The predicted octanol–water partition coefficient (Wildman–Crippen LogP) is 0.864. The number of nitrogens with zero attached hydrogens (tertiary/aromatic N) is 1. The molecule has 1 atom stereocenters. The summed E-state index contributed by atoms with van der Waals surface area (Å²) in [5.41, 5.74) is 1.20. The van der Waals surface area contributed by atoms with Gasteiger partial charge in [-0.05, 0) is 5.56 Å². The van der Waals surface area contributed by atoms with E-state index in [1.165, 1.54) is 5.56 Å². The molecule has 0 aromatic heterocycles. The number of hydrogen-bond acceptors (Lipinski definition) is 5. The Bertz CT molecular complexity index is 489. The van der Waals surface area contributed by atoms with E-state index in [0.717, 1.165) is 19.3 Å². The number of hydrogen-bond donors (Lipinski definition) is 0. The Labute approximate surface area is 114 Å². The van der Waals surface area contributed by atoms with Crippen LogP contribution >= 0.6 is 0 Å². The lowest BCUT2D eigenvalue weighted by Gasteiger charge is -2.35. The first kappa shape index (κ1) is 14.5. The van der Waals surface area contributed by atoms with Crippen LogP contribution in [-0.4, -0.2) is 52.0 Å². The van der Waals surface area contributed by atoms with Crippen molar-refractivity contribution in [1.82, 2.24) is 4.90 Å². The summed E-state index contributed by atoms with van der Waals surface area (Å²) in [6.07, 6.45) is 1.07. The molecule has 6 heteroatoms. The molecule has 1 unspecified atom stereocenters. The molecule has 1 aliphatic heterocycles. The van der Waals surface area contributed by atoms with Crippen molar-refractivity contribution >= 4 is 10.1 Å². The highest BCUT2D eigenvalue weighted by molar-refractivity contribution is 7.85. The van der Waals surface area contributed by atoms with Crippen LogP contribution in [0.25, 0.3) is 0 Å². The van der Waals surface area contributed by atoms with Gasteiger partial charge in [0.05, 0.1) is 32.1 Å². The van der Waals surface area contributed by atoms with Crippen molar-refractivity contribution in [1.29, 1.82) is 0 Å². The summed E-state index contributed by atoms with van der Waals surface area (Å²) in [6.45, 7) is 2.88. The molecule has 0 bridgehead atoms. The third-order valence-electron chi connectivity index (χ3n) is 3.05. The molecule has 0 aliphatic carbocycles. The molecular weight excluding hydrogens is 266 g/mol. The molecule has 19 heavy (non-hydrogen) atoms. The second-order valence-corrected chi connectivity index (χ2v) is 6.32. The molecule has 0 radical (unpaired) electrons. The Morgan fingerprint density at radius 1 is 1.37 bits per heavy atom. The topological polar surface area (TPSA) is 55.8 Å². The van der Waals surface area contributed by atoms with E-state index in [2.05, 4.69) is 17.0 Å². The van der Waals surface area contributed by atoms with Gasteiger partial charge >= 0.3 is 0 Å². The fraction of sp³-hybridized carbons (Fsp3) is 0.538. The van der Waals surface area contributed by atoms with Crippen LogP contribution in [0.3, 0.4) is 0 Å². The largest absolute Gasteiger partial charge is 0.378 e. The molecule has 0 amide bonds. The zero-order valence-corrected chi connectivity index (χ0v) is 11.8. The van der Waals surface area contributed by atoms with Gasteiger partial charge in [0, 0.05) is 13.1 Å².